The summed E-state index contributed by atoms with van der Waals surface area (Å²) in [5.41, 5.74) is 3.03. The highest BCUT2D eigenvalue weighted by Gasteiger charge is 2.15. The molecule has 2 aromatic carbocycles. The molecule has 0 unspecified atom stereocenters. The highest BCUT2D eigenvalue weighted by molar-refractivity contribution is 7.13. The van der Waals surface area contributed by atoms with Gasteiger partial charge in [0, 0.05) is 28.4 Å². The van der Waals surface area contributed by atoms with E-state index in [2.05, 4.69) is 20.8 Å². The van der Waals surface area contributed by atoms with Crippen LogP contribution in [0.2, 0.25) is 0 Å². The monoisotopic (exact) mass is 478 g/mol. The Bertz CT molecular complexity index is 1280. The lowest BCUT2D eigenvalue weighted by atomic mass is 10.1. The van der Waals surface area contributed by atoms with Gasteiger partial charge in [-0.2, -0.15) is 0 Å². The molecule has 9 nitrogen and oxygen atoms in total. The summed E-state index contributed by atoms with van der Waals surface area (Å²) in [5.74, 6) is 1.02. The van der Waals surface area contributed by atoms with Crippen molar-refractivity contribution in [1.82, 2.24) is 10.1 Å². The van der Waals surface area contributed by atoms with Crippen LogP contribution in [0.1, 0.15) is 37.7 Å². The summed E-state index contributed by atoms with van der Waals surface area (Å²) in [4.78, 5) is 29.0. The van der Waals surface area contributed by atoms with E-state index in [1.807, 2.05) is 13.8 Å². The number of methoxy groups -OCH3 is 1. The molecule has 0 radical (unpaired) electrons. The molecule has 4 aromatic rings. The van der Waals surface area contributed by atoms with Crippen molar-refractivity contribution in [3.63, 3.8) is 0 Å². The van der Waals surface area contributed by atoms with Gasteiger partial charge in [-0.15, -0.1) is 11.3 Å². The van der Waals surface area contributed by atoms with Gasteiger partial charge in [-0.25, -0.2) is 4.98 Å². The van der Waals surface area contributed by atoms with Crippen LogP contribution in [0.15, 0.2) is 58.6 Å². The van der Waals surface area contributed by atoms with Crippen LogP contribution in [0, 0.1) is 13.8 Å². The van der Waals surface area contributed by atoms with Crippen LogP contribution in [0.5, 0.6) is 11.5 Å². The number of hydrogen-bond donors (Lipinski definition) is 2. The first-order chi connectivity index (χ1) is 16.4. The maximum atomic E-state index is 12.7. The minimum Gasteiger partial charge on any atom is -0.493 e. The van der Waals surface area contributed by atoms with Crippen molar-refractivity contribution in [2.24, 2.45) is 0 Å². The summed E-state index contributed by atoms with van der Waals surface area (Å²) in [6, 6.07) is 11.5. The third kappa shape index (κ3) is 5.24. The van der Waals surface area contributed by atoms with Crippen molar-refractivity contribution in [1.29, 1.82) is 0 Å². The number of carbonyl (C=O) groups excluding carboxylic acids is 2. The number of nitrogens with one attached hydrogen (secondary N) is 2. The van der Waals surface area contributed by atoms with Crippen molar-refractivity contribution in [2.45, 2.75) is 20.5 Å². The zero-order chi connectivity index (χ0) is 24.1. The van der Waals surface area contributed by atoms with Crippen molar-refractivity contribution in [2.75, 3.05) is 17.7 Å². The van der Waals surface area contributed by atoms with Crippen LogP contribution in [-0.4, -0.2) is 29.1 Å². The van der Waals surface area contributed by atoms with E-state index in [0.29, 0.717) is 39.2 Å². The molecule has 2 aromatic heterocycles. The van der Waals surface area contributed by atoms with E-state index in [1.165, 1.54) is 18.4 Å². The summed E-state index contributed by atoms with van der Waals surface area (Å²) in [6.07, 6.45) is 1.62. The van der Waals surface area contributed by atoms with Gasteiger partial charge in [0.15, 0.2) is 16.6 Å². The average molecular weight is 479 g/mol. The fourth-order valence-corrected chi connectivity index (χ4v) is 3.67. The number of aryl methyl sites for hydroxylation is 2. The maximum Gasteiger partial charge on any atom is 0.257 e. The first-order valence-corrected chi connectivity index (χ1v) is 11.2. The highest BCUT2D eigenvalue weighted by atomic mass is 32.1. The van der Waals surface area contributed by atoms with E-state index in [1.54, 1.807) is 54.0 Å². The fourth-order valence-electron chi connectivity index (χ4n) is 3.15. The smallest absolute Gasteiger partial charge is 0.257 e. The predicted octanol–water partition coefficient (Wildman–Crippen LogP) is 4.84. The van der Waals surface area contributed by atoms with Crippen LogP contribution in [0.4, 0.5) is 10.8 Å². The lowest BCUT2D eigenvalue weighted by molar-refractivity contribution is 0.101. The molecule has 0 aliphatic rings. The standard InChI is InChI=1S/C24H22N4O5S/c1-14-19(15(2)33-28-14)13-32-20-9-6-17(12-21(20)31-3)23(30)26-18-7-4-16(5-8-18)22(29)27-24-25-10-11-34-24/h4-12H,13H2,1-3H3,(H,26,30)(H,25,27,29). The van der Waals surface area contributed by atoms with E-state index in [-0.39, 0.29) is 18.4 Å². The lowest BCUT2D eigenvalue weighted by Crippen LogP contribution is -2.14. The van der Waals surface area contributed by atoms with Gasteiger partial charge in [0.2, 0.25) is 0 Å². The Morgan fingerprint density at radius 1 is 1.00 bits per heavy atom. The molecular weight excluding hydrogens is 456 g/mol. The Morgan fingerprint density at radius 2 is 1.74 bits per heavy atom. The first kappa shape index (κ1) is 23.0. The highest BCUT2D eigenvalue weighted by Crippen LogP contribution is 2.30. The summed E-state index contributed by atoms with van der Waals surface area (Å²) < 4.78 is 16.4. The number of carbonyl (C=O) groups is 2. The Balaban J connectivity index is 1.40. The van der Waals surface area contributed by atoms with Crippen molar-refractivity contribution >= 4 is 34.0 Å². The molecule has 0 spiro atoms. The van der Waals surface area contributed by atoms with Crippen LogP contribution in [0.3, 0.4) is 0 Å². The summed E-state index contributed by atoms with van der Waals surface area (Å²) >= 11 is 1.34. The zero-order valence-electron chi connectivity index (χ0n) is 18.7. The molecular formula is C24H22N4O5S. The van der Waals surface area contributed by atoms with Gasteiger partial charge in [0.25, 0.3) is 11.8 Å². The van der Waals surface area contributed by atoms with E-state index in [4.69, 9.17) is 14.0 Å². The van der Waals surface area contributed by atoms with Crippen molar-refractivity contribution < 1.29 is 23.6 Å². The lowest BCUT2D eigenvalue weighted by Gasteiger charge is -2.12. The van der Waals surface area contributed by atoms with Gasteiger partial charge in [-0.05, 0) is 56.3 Å². The molecule has 0 aliphatic heterocycles. The Kier molecular flexibility index (Phi) is 6.88. The number of nitrogens with zero attached hydrogens (tertiary/aromatic N) is 2. The van der Waals surface area contributed by atoms with Crippen molar-refractivity contribution in [3.8, 4) is 11.5 Å². The minimum absolute atomic E-state index is 0.269. The topological polar surface area (TPSA) is 116 Å². The molecule has 10 heteroatoms. The summed E-state index contributed by atoms with van der Waals surface area (Å²) in [5, 5.41) is 11.7. The predicted molar refractivity (Wildman–Crippen MR) is 128 cm³/mol. The van der Waals surface area contributed by atoms with Gasteiger partial charge in [-0.3, -0.25) is 14.9 Å². The first-order valence-electron chi connectivity index (χ1n) is 10.3. The molecule has 0 bridgehead atoms. The second-order valence-electron chi connectivity index (χ2n) is 7.28. The number of hydrogen-bond acceptors (Lipinski definition) is 8. The molecule has 2 N–H and O–H groups in total. The van der Waals surface area contributed by atoms with Crippen LogP contribution < -0.4 is 20.1 Å². The van der Waals surface area contributed by atoms with Gasteiger partial charge in [0.1, 0.15) is 12.4 Å². The Hall–Kier alpha value is -4.18. The fraction of sp³-hybridized carbons (Fsp3) is 0.167. The molecule has 0 atom stereocenters. The molecule has 34 heavy (non-hydrogen) atoms. The Labute approximate surface area is 199 Å². The van der Waals surface area contributed by atoms with Crippen LogP contribution in [-0.2, 0) is 6.61 Å². The van der Waals surface area contributed by atoms with Crippen LogP contribution in [0.25, 0.3) is 0 Å². The Morgan fingerprint density at radius 3 is 2.38 bits per heavy atom. The number of ether oxygens (including phenoxy) is 2. The number of aromatic nitrogens is 2. The molecule has 0 saturated heterocycles. The summed E-state index contributed by atoms with van der Waals surface area (Å²) in [7, 11) is 1.51. The van der Waals surface area contributed by atoms with E-state index in [9.17, 15) is 9.59 Å². The largest absolute Gasteiger partial charge is 0.493 e. The van der Waals surface area contributed by atoms with Crippen LogP contribution >= 0.6 is 11.3 Å². The molecule has 0 saturated carbocycles. The normalized spacial score (nSPS) is 10.6. The molecule has 174 valence electrons. The molecule has 4 rings (SSSR count). The quantitative estimate of drug-likeness (QED) is 0.372. The number of amides is 2. The van der Waals surface area contributed by atoms with Gasteiger partial charge in [0.05, 0.1) is 18.4 Å². The third-order valence-corrected chi connectivity index (χ3v) is 5.73. The minimum atomic E-state index is -0.324. The van der Waals surface area contributed by atoms with E-state index in [0.717, 1.165) is 11.3 Å². The van der Waals surface area contributed by atoms with Gasteiger partial charge >= 0.3 is 0 Å². The number of thiazole rings is 1. The second-order valence-corrected chi connectivity index (χ2v) is 8.17. The number of benzene rings is 2. The number of anilines is 2. The molecule has 2 amide bonds. The maximum absolute atomic E-state index is 12.7. The van der Waals surface area contributed by atoms with E-state index >= 15 is 0 Å². The van der Waals surface area contributed by atoms with Gasteiger partial charge < -0.3 is 19.3 Å². The average Bonchev–Trinajstić information content (AvgIpc) is 3.47. The van der Waals surface area contributed by atoms with E-state index < -0.39 is 0 Å². The molecule has 2 heterocycles. The molecule has 0 aliphatic carbocycles. The third-order valence-electron chi connectivity index (χ3n) is 5.04. The number of rotatable bonds is 8. The van der Waals surface area contributed by atoms with Gasteiger partial charge in [-0.1, -0.05) is 5.16 Å². The van der Waals surface area contributed by atoms with Crippen molar-refractivity contribution in [3.05, 3.63) is 82.2 Å². The SMILES string of the molecule is COc1cc(C(=O)Nc2ccc(C(=O)Nc3nccs3)cc2)ccc1OCc1c(C)noc1C. The zero-order valence-corrected chi connectivity index (χ0v) is 19.6. The molecule has 0 fully saturated rings. The summed E-state index contributed by atoms with van der Waals surface area (Å²) in [6.45, 7) is 3.94. The second kappa shape index (κ2) is 10.2.